The zero-order chi connectivity index (χ0) is 23.4. The first-order valence-corrected chi connectivity index (χ1v) is 10.4. The van der Waals surface area contributed by atoms with Crippen molar-refractivity contribution in [3.63, 3.8) is 0 Å². The molecule has 4 aromatic carbocycles. The lowest BCUT2D eigenvalue weighted by molar-refractivity contribution is 0.0697. The summed E-state index contributed by atoms with van der Waals surface area (Å²) in [5.41, 5.74) is 11.5. The molecule has 0 saturated carbocycles. The number of nitriles is 1. The minimum absolute atomic E-state index is 0.237. The van der Waals surface area contributed by atoms with Gasteiger partial charge in [-0.1, -0.05) is 48.0 Å². The fourth-order valence-corrected chi connectivity index (χ4v) is 3.72. The molecule has 0 aliphatic rings. The Morgan fingerprint density at radius 2 is 1.67 bits per heavy atom. The molecule has 162 valence electrons. The number of nitrogens with two attached hydrogens (primary N) is 1. The van der Waals surface area contributed by atoms with E-state index in [1.54, 1.807) is 30.3 Å². The number of benzene rings is 4. The highest BCUT2D eigenvalue weighted by molar-refractivity contribution is 5.96. The van der Waals surface area contributed by atoms with Gasteiger partial charge in [0.05, 0.1) is 17.2 Å². The average molecular weight is 434 g/mol. The van der Waals surface area contributed by atoms with E-state index in [1.165, 1.54) is 0 Å². The van der Waals surface area contributed by atoms with Crippen LogP contribution in [-0.4, -0.2) is 11.1 Å². The molecule has 0 spiro atoms. The second-order valence-corrected chi connectivity index (χ2v) is 7.75. The molecule has 0 amide bonds. The van der Waals surface area contributed by atoms with Crippen LogP contribution in [0.25, 0.3) is 22.3 Å². The van der Waals surface area contributed by atoms with Gasteiger partial charge in [0, 0.05) is 6.54 Å². The first kappa shape index (κ1) is 21.8. The Bertz CT molecular complexity index is 1390. The first-order chi connectivity index (χ1) is 16.0. The summed E-state index contributed by atoms with van der Waals surface area (Å²) in [5.74, 6) is 0.0778. The largest absolute Gasteiger partial charge is 0.478 e. The quantitative estimate of drug-likeness (QED) is 0.379. The van der Waals surface area contributed by atoms with Gasteiger partial charge in [0.25, 0.3) is 0 Å². The number of nitrogens with zero attached hydrogens (tertiary/aromatic N) is 1. The molecule has 0 aliphatic carbocycles. The zero-order valence-corrected chi connectivity index (χ0v) is 18.1. The molecule has 0 saturated heterocycles. The molecule has 0 atom stereocenters. The van der Waals surface area contributed by atoms with E-state index in [0.29, 0.717) is 29.2 Å². The van der Waals surface area contributed by atoms with Gasteiger partial charge in [0.2, 0.25) is 0 Å². The van der Waals surface area contributed by atoms with Gasteiger partial charge < -0.3 is 15.6 Å². The number of carbonyl (C=O) groups is 1. The minimum Gasteiger partial charge on any atom is -0.478 e. The van der Waals surface area contributed by atoms with Gasteiger partial charge in [0.15, 0.2) is 0 Å². The molecule has 0 fully saturated rings. The SMILES string of the molecule is Cc1ccc(-c2cccc(Oc3cc(C#N)cc(-c4cccc(CN)c4)c3)c2)c(C(=O)O)c1. The topological polar surface area (TPSA) is 96.3 Å². The molecule has 33 heavy (non-hydrogen) atoms. The molecule has 0 aliphatic heterocycles. The normalized spacial score (nSPS) is 10.5. The van der Waals surface area contributed by atoms with E-state index in [0.717, 1.165) is 27.8 Å². The summed E-state index contributed by atoms with van der Waals surface area (Å²) in [6, 6.07) is 28.0. The summed E-state index contributed by atoms with van der Waals surface area (Å²) in [5, 5.41) is 19.1. The number of aryl methyl sites for hydroxylation is 1. The Balaban J connectivity index is 1.71. The lowest BCUT2D eigenvalue weighted by Gasteiger charge is -2.12. The predicted octanol–water partition coefficient (Wildman–Crippen LogP) is 6.15. The van der Waals surface area contributed by atoms with E-state index >= 15 is 0 Å². The molecule has 5 heteroatoms. The average Bonchev–Trinajstić information content (AvgIpc) is 2.84. The Hall–Kier alpha value is -4.40. The van der Waals surface area contributed by atoms with Crippen molar-refractivity contribution >= 4 is 5.97 Å². The lowest BCUT2D eigenvalue weighted by Crippen LogP contribution is -2.00. The van der Waals surface area contributed by atoms with E-state index in [-0.39, 0.29) is 5.56 Å². The van der Waals surface area contributed by atoms with Crippen molar-refractivity contribution in [2.75, 3.05) is 0 Å². The van der Waals surface area contributed by atoms with Crippen LogP contribution in [0.15, 0.2) is 84.9 Å². The van der Waals surface area contributed by atoms with Crippen molar-refractivity contribution in [2.45, 2.75) is 13.5 Å². The van der Waals surface area contributed by atoms with Crippen LogP contribution in [0.1, 0.15) is 27.0 Å². The van der Waals surface area contributed by atoms with Crippen molar-refractivity contribution in [2.24, 2.45) is 5.73 Å². The summed E-state index contributed by atoms with van der Waals surface area (Å²) < 4.78 is 6.10. The zero-order valence-electron chi connectivity index (χ0n) is 18.1. The fourth-order valence-electron chi connectivity index (χ4n) is 3.72. The summed E-state index contributed by atoms with van der Waals surface area (Å²) in [7, 11) is 0. The molecule has 0 aromatic heterocycles. The third-order valence-corrected chi connectivity index (χ3v) is 5.32. The molecule has 5 nitrogen and oxygen atoms in total. The van der Waals surface area contributed by atoms with Crippen LogP contribution in [0.2, 0.25) is 0 Å². The van der Waals surface area contributed by atoms with Crippen LogP contribution in [0.4, 0.5) is 0 Å². The van der Waals surface area contributed by atoms with E-state index in [2.05, 4.69) is 6.07 Å². The highest BCUT2D eigenvalue weighted by atomic mass is 16.5. The number of aromatic carboxylic acids is 1. The fraction of sp³-hybridized carbons (Fsp3) is 0.0714. The van der Waals surface area contributed by atoms with Crippen LogP contribution in [0.5, 0.6) is 11.5 Å². The number of rotatable bonds is 6. The number of ether oxygens (including phenoxy) is 1. The molecule has 0 bridgehead atoms. The second kappa shape index (κ2) is 9.39. The predicted molar refractivity (Wildman–Crippen MR) is 128 cm³/mol. The van der Waals surface area contributed by atoms with Crippen LogP contribution in [-0.2, 0) is 6.54 Å². The molecular weight excluding hydrogens is 412 g/mol. The molecule has 4 rings (SSSR count). The highest BCUT2D eigenvalue weighted by Crippen LogP contribution is 2.33. The van der Waals surface area contributed by atoms with E-state index in [9.17, 15) is 15.2 Å². The Morgan fingerprint density at radius 1 is 0.909 bits per heavy atom. The van der Waals surface area contributed by atoms with Gasteiger partial charge in [-0.2, -0.15) is 5.26 Å². The monoisotopic (exact) mass is 434 g/mol. The third-order valence-electron chi connectivity index (χ3n) is 5.32. The van der Waals surface area contributed by atoms with Crippen molar-refractivity contribution in [1.29, 1.82) is 5.26 Å². The maximum atomic E-state index is 11.7. The lowest BCUT2D eigenvalue weighted by atomic mass is 9.97. The minimum atomic E-state index is -0.980. The maximum absolute atomic E-state index is 11.7. The van der Waals surface area contributed by atoms with Crippen molar-refractivity contribution < 1.29 is 14.6 Å². The Labute approximate surface area is 192 Å². The van der Waals surface area contributed by atoms with Crippen molar-refractivity contribution in [3.05, 3.63) is 107 Å². The van der Waals surface area contributed by atoms with Crippen LogP contribution >= 0.6 is 0 Å². The third kappa shape index (κ3) is 4.93. The summed E-state index contributed by atoms with van der Waals surface area (Å²) in [6.07, 6.45) is 0. The molecule has 4 aromatic rings. The molecule has 0 heterocycles. The molecular formula is C28H22N2O3. The van der Waals surface area contributed by atoms with Gasteiger partial charge >= 0.3 is 5.97 Å². The van der Waals surface area contributed by atoms with Crippen LogP contribution in [0, 0.1) is 18.3 Å². The Kier molecular flexibility index (Phi) is 6.21. The maximum Gasteiger partial charge on any atom is 0.336 e. The second-order valence-electron chi connectivity index (χ2n) is 7.75. The van der Waals surface area contributed by atoms with E-state index in [4.69, 9.17) is 10.5 Å². The molecule has 0 unspecified atom stereocenters. The number of hydrogen-bond acceptors (Lipinski definition) is 4. The summed E-state index contributed by atoms with van der Waals surface area (Å²) >= 11 is 0. The van der Waals surface area contributed by atoms with E-state index < -0.39 is 5.97 Å². The van der Waals surface area contributed by atoms with Crippen molar-refractivity contribution in [1.82, 2.24) is 0 Å². The smallest absolute Gasteiger partial charge is 0.336 e. The van der Waals surface area contributed by atoms with Crippen molar-refractivity contribution in [3.8, 4) is 39.8 Å². The van der Waals surface area contributed by atoms with Crippen LogP contribution in [0.3, 0.4) is 0 Å². The molecule has 3 N–H and O–H groups in total. The number of hydrogen-bond donors (Lipinski definition) is 2. The van der Waals surface area contributed by atoms with Crippen LogP contribution < -0.4 is 10.5 Å². The van der Waals surface area contributed by atoms with Gasteiger partial charge in [-0.05, 0) is 77.2 Å². The number of carboxylic acids is 1. The standard InChI is InChI=1S/C28H22N2O3/c1-18-8-9-26(27(10-18)28(31)32)22-6-3-7-24(14-22)33-25-13-20(17-30)12-23(15-25)21-5-2-4-19(11-21)16-29/h2-15H,16,29H2,1H3,(H,31,32). The van der Waals surface area contributed by atoms with Gasteiger partial charge in [0.1, 0.15) is 11.5 Å². The van der Waals surface area contributed by atoms with E-state index in [1.807, 2.05) is 61.5 Å². The van der Waals surface area contributed by atoms with Gasteiger partial charge in [-0.15, -0.1) is 0 Å². The number of carboxylic acid groups (broad SMARTS) is 1. The molecule has 0 radical (unpaired) electrons. The Morgan fingerprint density at radius 3 is 2.42 bits per heavy atom. The summed E-state index contributed by atoms with van der Waals surface area (Å²) in [4.78, 5) is 11.7. The van der Waals surface area contributed by atoms with Gasteiger partial charge in [-0.25, -0.2) is 4.79 Å². The first-order valence-electron chi connectivity index (χ1n) is 10.4. The summed E-state index contributed by atoms with van der Waals surface area (Å²) in [6.45, 7) is 2.29. The highest BCUT2D eigenvalue weighted by Gasteiger charge is 2.13. The van der Waals surface area contributed by atoms with Gasteiger partial charge in [-0.3, -0.25) is 0 Å².